The van der Waals surface area contributed by atoms with Gasteiger partial charge in [-0.05, 0) is 54.9 Å². The minimum Gasteiger partial charge on any atom is -0.480 e. The standard InChI is InChI=1S/C18H21BrN4O4/c1-17(2,3)22-9-8-20-10-18(22,16(24)25)14-7-4-11-12(21-14)5-6-13(15(11)19)23(26)27/h4-7,20H,8-10H2,1-3H3,(H,24,25). The molecule has 2 heterocycles. The highest BCUT2D eigenvalue weighted by molar-refractivity contribution is 9.10. The topological polar surface area (TPSA) is 109 Å². The number of benzene rings is 1. The van der Waals surface area contributed by atoms with Crippen molar-refractivity contribution in [3.05, 3.63) is 44.5 Å². The van der Waals surface area contributed by atoms with Gasteiger partial charge in [0.25, 0.3) is 5.69 Å². The molecule has 0 amide bonds. The number of halogens is 1. The number of piperazine rings is 1. The second kappa shape index (κ2) is 6.81. The molecule has 1 saturated heterocycles. The van der Waals surface area contributed by atoms with Crippen LogP contribution in [0.3, 0.4) is 0 Å². The van der Waals surface area contributed by atoms with E-state index in [2.05, 4.69) is 26.2 Å². The molecular formula is C18H21BrN4O4. The highest BCUT2D eigenvalue weighted by Crippen LogP contribution is 2.38. The van der Waals surface area contributed by atoms with Crippen LogP contribution in [0.2, 0.25) is 0 Å². The molecule has 8 nitrogen and oxygen atoms in total. The molecule has 3 rings (SSSR count). The van der Waals surface area contributed by atoms with Crippen LogP contribution in [0.1, 0.15) is 26.5 Å². The fraction of sp³-hybridized carbons (Fsp3) is 0.444. The molecule has 1 fully saturated rings. The van der Waals surface area contributed by atoms with Crippen LogP contribution in [0.5, 0.6) is 0 Å². The molecule has 0 bridgehead atoms. The maximum atomic E-state index is 12.5. The van der Waals surface area contributed by atoms with Crippen molar-refractivity contribution < 1.29 is 14.8 Å². The lowest BCUT2D eigenvalue weighted by Crippen LogP contribution is -2.68. The third kappa shape index (κ3) is 3.19. The second-order valence-electron chi connectivity index (χ2n) is 7.58. The van der Waals surface area contributed by atoms with Gasteiger partial charge in [-0.15, -0.1) is 0 Å². The van der Waals surface area contributed by atoms with Crippen LogP contribution >= 0.6 is 15.9 Å². The van der Waals surface area contributed by atoms with Crippen molar-refractivity contribution >= 4 is 38.5 Å². The molecule has 0 aliphatic carbocycles. The lowest BCUT2D eigenvalue weighted by atomic mass is 9.85. The first-order valence-corrected chi connectivity index (χ1v) is 9.34. The number of rotatable bonds is 3. The molecule has 1 unspecified atom stereocenters. The van der Waals surface area contributed by atoms with Crippen molar-refractivity contribution in [2.24, 2.45) is 0 Å². The van der Waals surface area contributed by atoms with Crippen LogP contribution < -0.4 is 5.32 Å². The fourth-order valence-corrected chi connectivity index (χ4v) is 4.32. The van der Waals surface area contributed by atoms with Crippen molar-refractivity contribution in [2.45, 2.75) is 31.8 Å². The van der Waals surface area contributed by atoms with E-state index >= 15 is 0 Å². The number of aromatic nitrogens is 1. The molecule has 27 heavy (non-hydrogen) atoms. The molecule has 0 radical (unpaired) electrons. The Bertz CT molecular complexity index is 927. The normalized spacial score (nSPS) is 21.3. The molecule has 1 aromatic heterocycles. The second-order valence-corrected chi connectivity index (χ2v) is 8.38. The van der Waals surface area contributed by atoms with E-state index in [9.17, 15) is 20.0 Å². The van der Waals surface area contributed by atoms with Crippen molar-refractivity contribution in [1.29, 1.82) is 0 Å². The first-order valence-electron chi connectivity index (χ1n) is 8.55. The fourth-order valence-electron chi connectivity index (χ4n) is 3.71. The number of carboxylic acid groups (broad SMARTS) is 1. The Labute approximate surface area is 164 Å². The molecule has 9 heteroatoms. The van der Waals surface area contributed by atoms with Crippen molar-refractivity contribution in [3.8, 4) is 0 Å². The summed E-state index contributed by atoms with van der Waals surface area (Å²) in [4.78, 5) is 29.7. The molecule has 1 atom stereocenters. The number of carboxylic acids is 1. The van der Waals surface area contributed by atoms with Gasteiger partial charge < -0.3 is 10.4 Å². The minimum atomic E-state index is -1.32. The predicted molar refractivity (Wildman–Crippen MR) is 105 cm³/mol. The van der Waals surface area contributed by atoms with E-state index in [1.54, 1.807) is 18.2 Å². The monoisotopic (exact) mass is 436 g/mol. The molecule has 2 aromatic rings. The van der Waals surface area contributed by atoms with E-state index in [1.807, 2.05) is 25.7 Å². The SMILES string of the molecule is CC(C)(C)N1CCNCC1(C(=O)O)c1ccc2c(Br)c([N+](=O)[O-])ccc2n1. The molecule has 2 N–H and O–H groups in total. The summed E-state index contributed by atoms with van der Waals surface area (Å²) < 4.78 is 0.336. The van der Waals surface area contributed by atoms with Gasteiger partial charge in [-0.3, -0.25) is 20.0 Å². The number of hydrogen-bond acceptors (Lipinski definition) is 6. The highest BCUT2D eigenvalue weighted by atomic mass is 79.9. The van der Waals surface area contributed by atoms with Gasteiger partial charge in [-0.2, -0.15) is 0 Å². The van der Waals surface area contributed by atoms with Crippen LogP contribution in [-0.2, 0) is 10.3 Å². The van der Waals surface area contributed by atoms with Crippen LogP contribution in [-0.4, -0.2) is 51.1 Å². The van der Waals surface area contributed by atoms with Crippen LogP contribution in [0.25, 0.3) is 10.9 Å². The average Bonchev–Trinajstić information content (AvgIpc) is 2.60. The van der Waals surface area contributed by atoms with E-state index in [0.717, 1.165) is 0 Å². The first kappa shape index (κ1) is 19.7. The molecule has 0 spiro atoms. The van der Waals surface area contributed by atoms with Crippen molar-refractivity contribution in [1.82, 2.24) is 15.2 Å². The number of nitrogens with zero attached hydrogens (tertiary/aromatic N) is 3. The number of aliphatic carboxylic acids is 1. The maximum absolute atomic E-state index is 12.5. The van der Waals surface area contributed by atoms with Gasteiger partial charge in [0.15, 0.2) is 5.54 Å². The van der Waals surface area contributed by atoms with E-state index in [0.29, 0.717) is 34.2 Å². The average molecular weight is 437 g/mol. The van der Waals surface area contributed by atoms with E-state index in [-0.39, 0.29) is 17.8 Å². The molecule has 0 saturated carbocycles. The zero-order valence-corrected chi connectivity index (χ0v) is 16.9. The number of pyridine rings is 1. The van der Waals surface area contributed by atoms with Gasteiger partial charge in [0.1, 0.15) is 4.47 Å². The third-order valence-corrected chi connectivity index (χ3v) is 5.76. The van der Waals surface area contributed by atoms with Gasteiger partial charge in [0.2, 0.25) is 0 Å². The molecule has 1 aliphatic rings. The summed E-state index contributed by atoms with van der Waals surface area (Å²) in [6.45, 7) is 7.44. The van der Waals surface area contributed by atoms with Gasteiger partial charge in [0.05, 0.1) is 16.1 Å². The summed E-state index contributed by atoms with van der Waals surface area (Å²) in [7, 11) is 0. The summed E-state index contributed by atoms with van der Waals surface area (Å²) in [5, 5.41) is 25.1. The Morgan fingerprint density at radius 2 is 2.07 bits per heavy atom. The smallest absolute Gasteiger partial charge is 0.331 e. The number of fused-ring (bicyclic) bond motifs is 1. The number of nitro groups is 1. The Morgan fingerprint density at radius 1 is 1.37 bits per heavy atom. The lowest BCUT2D eigenvalue weighted by molar-refractivity contribution is -0.385. The van der Waals surface area contributed by atoms with Gasteiger partial charge >= 0.3 is 5.97 Å². The predicted octanol–water partition coefficient (Wildman–Crippen LogP) is 2.89. The largest absolute Gasteiger partial charge is 0.480 e. The van der Waals surface area contributed by atoms with Crippen LogP contribution in [0, 0.1) is 10.1 Å². The number of carbonyl (C=O) groups is 1. The van der Waals surface area contributed by atoms with Gasteiger partial charge in [-0.25, -0.2) is 4.79 Å². The van der Waals surface area contributed by atoms with Gasteiger partial charge in [0, 0.05) is 36.6 Å². The Kier molecular flexibility index (Phi) is 4.96. The molecule has 1 aromatic carbocycles. The molecule has 144 valence electrons. The summed E-state index contributed by atoms with van der Waals surface area (Å²) in [5.74, 6) is -0.975. The van der Waals surface area contributed by atoms with E-state index in [4.69, 9.17) is 0 Å². The first-order chi connectivity index (χ1) is 12.6. The zero-order valence-electron chi connectivity index (χ0n) is 15.3. The summed E-state index contributed by atoms with van der Waals surface area (Å²) in [6.07, 6.45) is 0. The van der Waals surface area contributed by atoms with Crippen molar-refractivity contribution in [3.63, 3.8) is 0 Å². The van der Waals surface area contributed by atoms with Crippen LogP contribution in [0.15, 0.2) is 28.7 Å². The summed E-state index contributed by atoms with van der Waals surface area (Å²) in [5.41, 5.74) is -0.845. The van der Waals surface area contributed by atoms with Gasteiger partial charge in [-0.1, -0.05) is 0 Å². The Morgan fingerprint density at radius 3 is 2.67 bits per heavy atom. The third-order valence-electron chi connectivity index (χ3n) is 4.92. The van der Waals surface area contributed by atoms with Crippen LogP contribution in [0.4, 0.5) is 5.69 Å². The minimum absolute atomic E-state index is 0.0550. The number of hydrogen-bond donors (Lipinski definition) is 2. The summed E-state index contributed by atoms with van der Waals surface area (Å²) in [6, 6.07) is 6.26. The number of nitro benzene ring substituents is 1. The van der Waals surface area contributed by atoms with E-state index in [1.165, 1.54) is 6.07 Å². The quantitative estimate of drug-likeness (QED) is 0.562. The van der Waals surface area contributed by atoms with Crippen molar-refractivity contribution in [2.75, 3.05) is 19.6 Å². The zero-order chi connectivity index (χ0) is 20.0. The molecular weight excluding hydrogens is 416 g/mol. The Balaban J connectivity index is 2.22. The lowest BCUT2D eigenvalue weighted by Gasteiger charge is -2.50. The highest BCUT2D eigenvalue weighted by Gasteiger charge is 2.52. The number of nitrogens with one attached hydrogen (secondary N) is 1. The maximum Gasteiger partial charge on any atom is 0.331 e. The molecule has 1 aliphatic heterocycles. The van der Waals surface area contributed by atoms with E-state index < -0.39 is 16.4 Å². The Hall–Kier alpha value is -2.10. The summed E-state index contributed by atoms with van der Waals surface area (Å²) >= 11 is 3.27.